The van der Waals surface area contributed by atoms with Crippen LogP contribution >= 0.6 is 0 Å². The summed E-state index contributed by atoms with van der Waals surface area (Å²) in [6, 6.07) is 2.20. The number of rotatable bonds is 5. The molecular formula is C14H26O3Si. The summed E-state index contributed by atoms with van der Waals surface area (Å²) in [5.41, 5.74) is 1.76. The molecule has 4 heteroatoms. The maximum atomic E-state index is 11.9. The Kier molecular flexibility index (Phi) is 6.64. The van der Waals surface area contributed by atoms with E-state index in [1.165, 1.54) is 18.9 Å². The standard InChI is InChI=1S/C14H26O3Si/c1-5-13(10-18-9-7-6-8-16-18)17-14(15)12(4)11(2)3/h13,18H,5-10H2,1-4H3. The number of allylic oxidation sites excluding steroid dienone is 1. The van der Waals surface area contributed by atoms with Gasteiger partial charge in [-0.15, -0.1) is 0 Å². The molecule has 104 valence electrons. The average molecular weight is 270 g/mol. The second-order valence-electron chi connectivity index (χ2n) is 5.28. The molecule has 0 N–H and O–H groups in total. The maximum absolute atomic E-state index is 11.9. The van der Waals surface area contributed by atoms with Crippen molar-refractivity contribution in [3.05, 3.63) is 11.1 Å². The van der Waals surface area contributed by atoms with Crippen LogP contribution in [-0.4, -0.2) is 27.7 Å². The molecule has 1 heterocycles. The van der Waals surface area contributed by atoms with Crippen molar-refractivity contribution in [3.63, 3.8) is 0 Å². The molecule has 3 nitrogen and oxygen atoms in total. The van der Waals surface area contributed by atoms with Crippen LogP contribution in [0.15, 0.2) is 11.1 Å². The lowest BCUT2D eigenvalue weighted by molar-refractivity contribution is -0.143. The van der Waals surface area contributed by atoms with Crippen molar-refractivity contribution in [2.75, 3.05) is 6.61 Å². The Morgan fingerprint density at radius 3 is 2.56 bits per heavy atom. The molecule has 0 aliphatic carbocycles. The summed E-state index contributed by atoms with van der Waals surface area (Å²) in [5.74, 6) is -0.161. The van der Waals surface area contributed by atoms with Crippen LogP contribution < -0.4 is 0 Å². The lowest BCUT2D eigenvalue weighted by Crippen LogP contribution is -2.30. The molecule has 0 radical (unpaired) electrons. The highest BCUT2D eigenvalue weighted by molar-refractivity contribution is 6.52. The van der Waals surface area contributed by atoms with Gasteiger partial charge in [-0.2, -0.15) is 0 Å². The summed E-state index contributed by atoms with van der Waals surface area (Å²) >= 11 is 0. The smallest absolute Gasteiger partial charge is 0.333 e. The van der Waals surface area contributed by atoms with Gasteiger partial charge >= 0.3 is 5.97 Å². The molecule has 2 unspecified atom stereocenters. The summed E-state index contributed by atoms with van der Waals surface area (Å²) in [6.07, 6.45) is 3.40. The van der Waals surface area contributed by atoms with Crippen molar-refractivity contribution in [3.8, 4) is 0 Å². The van der Waals surface area contributed by atoms with Gasteiger partial charge in [-0.3, -0.25) is 0 Å². The first-order valence-electron chi connectivity index (χ1n) is 7.01. The molecule has 0 aromatic carbocycles. The van der Waals surface area contributed by atoms with Gasteiger partial charge in [0.25, 0.3) is 0 Å². The molecule has 0 spiro atoms. The number of carbonyl (C=O) groups is 1. The predicted octanol–water partition coefficient (Wildman–Crippen LogP) is 3.20. The molecule has 1 aliphatic heterocycles. The van der Waals surface area contributed by atoms with Crippen molar-refractivity contribution < 1.29 is 14.0 Å². The Hall–Kier alpha value is -0.613. The Morgan fingerprint density at radius 1 is 1.33 bits per heavy atom. The number of carbonyl (C=O) groups excluding carboxylic acids is 1. The minimum absolute atomic E-state index is 0.0431. The first kappa shape index (κ1) is 15.4. The van der Waals surface area contributed by atoms with Crippen molar-refractivity contribution >= 4 is 15.0 Å². The van der Waals surface area contributed by atoms with E-state index in [4.69, 9.17) is 9.16 Å². The summed E-state index contributed by atoms with van der Waals surface area (Å²) < 4.78 is 11.4. The Balaban J connectivity index is 2.46. The molecule has 1 rings (SSSR count). The Bertz CT molecular complexity index is 302. The Labute approximate surface area is 112 Å². The maximum Gasteiger partial charge on any atom is 0.333 e. The lowest BCUT2D eigenvalue weighted by atomic mass is 10.2. The molecule has 0 saturated carbocycles. The number of hydrogen-bond acceptors (Lipinski definition) is 3. The highest BCUT2D eigenvalue weighted by Gasteiger charge is 2.23. The zero-order valence-electron chi connectivity index (χ0n) is 12.1. The van der Waals surface area contributed by atoms with Gasteiger partial charge in [0.15, 0.2) is 9.04 Å². The van der Waals surface area contributed by atoms with E-state index < -0.39 is 9.04 Å². The topological polar surface area (TPSA) is 35.5 Å². The first-order valence-corrected chi connectivity index (χ1v) is 9.11. The molecule has 1 fully saturated rings. The van der Waals surface area contributed by atoms with Crippen LogP contribution in [0.2, 0.25) is 12.1 Å². The third-order valence-corrected chi connectivity index (χ3v) is 6.40. The van der Waals surface area contributed by atoms with Crippen molar-refractivity contribution in [2.45, 2.75) is 65.1 Å². The minimum Gasteiger partial charge on any atom is -0.459 e. The Morgan fingerprint density at radius 2 is 2.06 bits per heavy atom. The van der Waals surface area contributed by atoms with E-state index in [9.17, 15) is 4.79 Å². The molecular weight excluding hydrogens is 244 g/mol. The molecule has 0 aromatic rings. The largest absolute Gasteiger partial charge is 0.459 e. The summed E-state index contributed by atoms with van der Waals surface area (Å²) in [7, 11) is -1.11. The number of ether oxygens (including phenoxy) is 1. The second kappa shape index (κ2) is 7.74. The quantitative estimate of drug-likeness (QED) is 0.437. The van der Waals surface area contributed by atoms with Crippen LogP contribution in [0.25, 0.3) is 0 Å². The molecule has 0 aromatic heterocycles. The van der Waals surface area contributed by atoms with Gasteiger partial charge in [0.05, 0.1) is 0 Å². The van der Waals surface area contributed by atoms with Crippen LogP contribution in [0, 0.1) is 0 Å². The molecule has 0 amide bonds. The first-order chi connectivity index (χ1) is 8.54. The van der Waals surface area contributed by atoms with Gasteiger partial charge in [0.2, 0.25) is 0 Å². The van der Waals surface area contributed by atoms with Gasteiger partial charge < -0.3 is 9.16 Å². The van der Waals surface area contributed by atoms with E-state index in [0.29, 0.717) is 0 Å². The average Bonchev–Trinajstić information content (AvgIpc) is 2.37. The molecule has 0 bridgehead atoms. The van der Waals surface area contributed by atoms with Crippen LogP contribution in [0.5, 0.6) is 0 Å². The van der Waals surface area contributed by atoms with Crippen molar-refractivity contribution in [1.82, 2.24) is 0 Å². The zero-order chi connectivity index (χ0) is 13.5. The highest BCUT2D eigenvalue weighted by atomic mass is 28.3. The second-order valence-corrected chi connectivity index (χ2v) is 7.91. The van der Waals surface area contributed by atoms with Gasteiger partial charge in [-0.1, -0.05) is 18.9 Å². The van der Waals surface area contributed by atoms with E-state index in [1.54, 1.807) is 0 Å². The summed E-state index contributed by atoms with van der Waals surface area (Å²) in [4.78, 5) is 11.9. The third-order valence-electron chi connectivity index (χ3n) is 3.59. The molecule has 1 saturated heterocycles. The van der Waals surface area contributed by atoms with Crippen LogP contribution in [0.1, 0.15) is 47.0 Å². The number of esters is 1. The van der Waals surface area contributed by atoms with Gasteiger partial charge in [0.1, 0.15) is 6.10 Å². The van der Waals surface area contributed by atoms with Crippen LogP contribution in [0.3, 0.4) is 0 Å². The SMILES string of the molecule is CCC(C[SiH]1CCCCO1)OC(=O)C(C)=C(C)C. The number of hydrogen-bond donors (Lipinski definition) is 0. The van der Waals surface area contributed by atoms with Gasteiger partial charge in [0, 0.05) is 18.2 Å². The lowest BCUT2D eigenvalue weighted by Gasteiger charge is -2.25. The summed E-state index contributed by atoms with van der Waals surface area (Å²) in [6.45, 7) is 8.70. The van der Waals surface area contributed by atoms with Crippen molar-refractivity contribution in [1.29, 1.82) is 0 Å². The monoisotopic (exact) mass is 270 g/mol. The van der Waals surface area contributed by atoms with Crippen molar-refractivity contribution in [2.24, 2.45) is 0 Å². The zero-order valence-corrected chi connectivity index (χ0v) is 13.3. The van der Waals surface area contributed by atoms with Gasteiger partial charge in [-0.05, 0) is 39.7 Å². The predicted molar refractivity (Wildman–Crippen MR) is 76.2 cm³/mol. The van der Waals surface area contributed by atoms with Gasteiger partial charge in [-0.25, -0.2) is 4.79 Å². The highest BCUT2D eigenvalue weighted by Crippen LogP contribution is 2.19. The fourth-order valence-corrected chi connectivity index (χ4v) is 4.83. The summed E-state index contributed by atoms with van der Waals surface area (Å²) in [5, 5.41) is 0. The fraction of sp³-hybridized carbons (Fsp3) is 0.786. The van der Waals surface area contributed by atoms with Crippen LogP contribution in [-0.2, 0) is 14.0 Å². The normalized spacial score (nSPS) is 21.2. The van der Waals surface area contributed by atoms with E-state index in [1.807, 2.05) is 20.8 Å². The van der Waals surface area contributed by atoms with E-state index in [-0.39, 0.29) is 12.1 Å². The minimum atomic E-state index is -1.11. The van der Waals surface area contributed by atoms with E-state index >= 15 is 0 Å². The fourth-order valence-electron chi connectivity index (χ4n) is 2.03. The van der Waals surface area contributed by atoms with Crippen LogP contribution in [0.4, 0.5) is 0 Å². The third kappa shape index (κ3) is 4.94. The van der Waals surface area contributed by atoms with E-state index in [2.05, 4.69) is 6.92 Å². The molecule has 1 aliphatic rings. The molecule has 18 heavy (non-hydrogen) atoms. The van der Waals surface area contributed by atoms with E-state index in [0.717, 1.165) is 30.2 Å². The molecule has 2 atom stereocenters.